The highest BCUT2D eigenvalue weighted by molar-refractivity contribution is 8.00. The maximum absolute atomic E-state index is 13.2. The number of carbonyl (C=O) groups is 2. The lowest BCUT2D eigenvalue weighted by molar-refractivity contribution is -0.129. The molecule has 22 heavy (non-hydrogen) atoms. The molecule has 0 spiro atoms. The van der Waals surface area contributed by atoms with Crippen LogP contribution >= 0.6 is 11.8 Å². The molecular weight excluding hydrogens is 303 g/mol. The lowest BCUT2D eigenvalue weighted by atomic mass is 10.1. The molecule has 1 aromatic rings. The van der Waals surface area contributed by atoms with Crippen LogP contribution in [0.25, 0.3) is 0 Å². The number of rotatable bonds is 5. The van der Waals surface area contributed by atoms with Gasteiger partial charge in [-0.25, -0.2) is 4.39 Å². The molecule has 0 bridgehead atoms. The number of anilines is 1. The van der Waals surface area contributed by atoms with Crippen molar-refractivity contribution in [3.63, 3.8) is 0 Å². The molecule has 4 nitrogen and oxygen atoms in total. The lowest BCUT2D eigenvalue weighted by Crippen LogP contribution is -2.37. The summed E-state index contributed by atoms with van der Waals surface area (Å²) in [7, 11) is 0. The topological polar surface area (TPSA) is 49.4 Å². The molecule has 1 fully saturated rings. The summed E-state index contributed by atoms with van der Waals surface area (Å²) >= 11 is 1.30. The van der Waals surface area contributed by atoms with Crippen LogP contribution < -0.4 is 5.32 Å². The summed E-state index contributed by atoms with van der Waals surface area (Å²) in [6.07, 6.45) is 3.32. The molecule has 0 aromatic heterocycles. The van der Waals surface area contributed by atoms with Crippen LogP contribution in [0.3, 0.4) is 0 Å². The van der Waals surface area contributed by atoms with Gasteiger partial charge in [0.25, 0.3) is 0 Å². The number of nitrogens with zero attached hydrogens (tertiary/aromatic N) is 1. The Morgan fingerprint density at radius 2 is 1.95 bits per heavy atom. The Labute approximate surface area is 134 Å². The highest BCUT2D eigenvalue weighted by Crippen LogP contribution is 2.17. The fourth-order valence-corrected chi connectivity index (χ4v) is 3.10. The Balaban J connectivity index is 1.73. The lowest BCUT2D eigenvalue weighted by Gasteiger charge is -2.26. The molecule has 0 radical (unpaired) electrons. The number of piperidine rings is 1. The summed E-state index contributed by atoms with van der Waals surface area (Å²) < 4.78 is 13.2. The zero-order valence-electron chi connectivity index (χ0n) is 12.7. The second-order valence-corrected chi connectivity index (χ2v) is 6.43. The molecule has 0 unspecified atom stereocenters. The first-order valence-electron chi connectivity index (χ1n) is 7.48. The molecule has 1 aromatic carbocycles. The third-order valence-electron chi connectivity index (χ3n) is 3.64. The summed E-state index contributed by atoms with van der Waals surface area (Å²) in [6, 6.07) is 4.28. The molecule has 0 aliphatic carbocycles. The van der Waals surface area contributed by atoms with Crippen LogP contribution in [0.5, 0.6) is 0 Å². The van der Waals surface area contributed by atoms with Crippen LogP contribution in [0, 0.1) is 12.7 Å². The number of amides is 2. The zero-order valence-corrected chi connectivity index (χ0v) is 13.5. The van der Waals surface area contributed by atoms with Gasteiger partial charge in [0.2, 0.25) is 11.8 Å². The van der Waals surface area contributed by atoms with Gasteiger partial charge in [-0.05, 0) is 43.9 Å². The summed E-state index contributed by atoms with van der Waals surface area (Å²) in [4.78, 5) is 25.7. The fraction of sp³-hybridized carbons (Fsp3) is 0.500. The van der Waals surface area contributed by atoms with Gasteiger partial charge in [-0.1, -0.05) is 6.07 Å². The van der Waals surface area contributed by atoms with Crippen molar-refractivity contribution in [3.05, 3.63) is 29.6 Å². The monoisotopic (exact) mass is 324 g/mol. The zero-order chi connectivity index (χ0) is 15.9. The van der Waals surface area contributed by atoms with Gasteiger partial charge in [0, 0.05) is 18.8 Å². The fourth-order valence-electron chi connectivity index (χ4n) is 2.38. The van der Waals surface area contributed by atoms with Crippen molar-refractivity contribution in [2.45, 2.75) is 26.2 Å². The Morgan fingerprint density at radius 3 is 2.68 bits per heavy atom. The average molecular weight is 324 g/mol. The largest absolute Gasteiger partial charge is 0.342 e. The van der Waals surface area contributed by atoms with E-state index in [0.29, 0.717) is 11.4 Å². The Morgan fingerprint density at radius 1 is 1.23 bits per heavy atom. The predicted octanol–water partition coefficient (Wildman–Crippen LogP) is 2.82. The summed E-state index contributed by atoms with van der Waals surface area (Å²) in [5, 5.41) is 2.68. The van der Waals surface area contributed by atoms with Crippen molar-refractivity contribution < 1.29 is 14.0 Å². The summed E-state index contributed by atoms with van der Waals surface area (Å²) in [5.74, 6) is 0.00357. The van der Waals surface area contributed by atoms with Crippen molar-refractivity contribution in [2.75, 3.05) is 29.9 Å². The van der Waals surface area contributed by atoms with Crippen molar-refractivity contribution in [1.82, 2.24) is 4.90 Å². The highest BCUT2D eigenvalue weighted by atomic mass is 32.2. The molecule has 0 atom stereocenters. The first-order chi connectivity index (χ1) is 10.6. The van der Waals surface area contributed by atoms with E-state index in [2.05, 4.69) is 5.32 Å². The molecule has 0 saturated carbocycles. The molecule has 6 heteroatoms. The van der Waals surface area contributed by atoms with E-state index >= 15 is 0 Å². The van der Waals surface area contributed by atoms with Crippen molar-refractivity contribution in [3.8, 4) is 0 Å². The number of aryl methyl sites for hydroxylation is 1. The van der Waals surface area contributed by atoms with Crippen LogP contribution in [-0.2, 0) is 9.59 Å². The maximum atomic E-state index is 13.2. The number of likely N-dealkylation sites (tertiary alicyclic amines) is 1. The molecule has 1 aliphatic rings. The molecule has 1 saturated heterocycles. The smallest absolute Gasteiger partial charge is 0.234 e. The molecule has 1 aliphatic heterocycles. The Kier molecular flexibility index (Phi) is 6.24. The summed E-state index contributed by atoms with van der Waals surface area (Å²) in [5.41, 5.74) is 1.29. The minimum absolute atomic E-state index is 0.0967. The van der Waals surface area contributed by atoms with E-state index in [1.165, 1.54) is 30.3 Å². The Hall–Kier alpha value is -1.56. The molecule has 1 heterocycles. The third kappa shape index (κ3) is 5.02. The molecule has 1 N–H and O–H groups in total. The first kappa shape index (κ1) is 16.8. The maximum Gasteiger partial charge on any atom is 0.234 e. The van der Waals surface area contributed by atoms with Crippen molar-refractivity contribution in [1.29, 1.82) is 0 Å². The minimum Gasteiger partial charge on any atom is -0.342 e. The second kappa shape index (κ2) is 8.17. The van der Waals surface area contributed by atoms with Crippen LogP contribution in [0.2, 0.25) is 0 Å². The predicted molar refractivity (Wildman–Crippen MR) is 87.5 cm³/mol. The number of nitrogens with one attached hydrogen (secondary N) is 1. The number of benzene rings is 1. The second-order valence-electron chi connectivity index (χ2n) is 5.44. The standard InChI is InChI=1S/C16H21FN2O2S/c1-12-5-6-13(17)9-14(12)18-15(20)10-22-11-16(21)19-7-3-2-4-8-19/h5-6,9H,2-4,7-8,10-11H2,1H3,(H,18,20). The quantitative estimate of drug-likeness (QED) is 0.906. The normalized spacial score (nSPS) is 14.7. The molecule has 120 valence electrons. The van der Waals surface area contributed by atoms with Crippen LogP contribution in [0.1, 0.15) is 24.8 Å². The van der Waals surface area contributed by atoms with Crippen LogP contribution in [0.4, 0.5) is 10.1 Å². The van der Waals surface area contributed by atoms with Crippen molar-refractivity contribution >= 4 is 29.3 Å². The number of hydrogen-bond acceptors (Lipinski definition) is 3. The minimum atomic E-state index is -0.381. The van der Waals surface area contributed by atoms with E-state index in [9.17, 15) is 14.0 Å². The van der Waals surface area contributed by atoms with E-state index in [-0.39, 0.29) is 23.4 Å². The van der Waals surface area contributed by atoms with Gasteiger partial charge in [0.15, 0.2) is 0 Å². The molecular formula is C16H21FN2O2S. The van der Waals surface area contributed by atoms with E-state index in [4.69, 9.17) is 0 Å². The molecule has 2 amide bonds. The van der Waals surface area contributed by atoms with E-state index in [0.717, 1.165) is 31.5 Å². The van der Waals surface area contributed by atoms with Crippen LogP contribution in [-0.4, -0.2) is 41.3 Å². The number of carbonyl (C=O) groups excluding carboxylic acids is 2. The van der Waals surface area contributed by atoms with E-state index in [1.54, 1.807) is 6.07 Å². The van der Waals surface area contributed by atoms with Gasteiger partial charge in [-0.15, -0.1) is 11.8 Å². The van der Waals surface area contributed by atoms with Gasteiger partial charge in [-0.3, -0.25) is 9.59 Å². The van der Waals surface area contributed by atoms with Crippen molar-refractivity contribution in [2.24, 2.45) is 0 Å². The van der Waals surface area contributed by atoms with E-state index in [1.807, 2.05) is 11.8 Å². The van der Waals surface area contributed by atoms with Gasteiger partial charge < -0.3 is 10.2 Å². The Bertz CT molecular complexity index is 545. The average Bonchev–Trinajstić information content (AvgIpc) is 2.51. The highest BCUT2D eigenvalue weighted by Gasteiger charge is 2.16. The van der Waals surface area contributed by atoms with Gasteiger partial charge in [-0.2, -0.15) is 0 Å². The number of halogens is 1. The summed E-state index contributed by atoms with van der Waals surface area (Å²) in [6.45, 7) is 3.46. The SMILES string of the molecule is Cc1ccc(F)cc1NC(=O)CSCC(=O)N1CCCCC1. The first-order valence-corrected chi connectivity index (χ1v) is 8.63. The van der Waals surface area contributed by atoms with Gasteiger partial charge in [0.05, 0.1) is 11.5 Å². The molecule has 2 rings (SSSR count). The number of thioether (sulfide) groups is 1. The van der Waals surface area contributed by atoms with Gasteiger partial charge in [0.1, 0.15) is 5.82 Å². The third-order valence-corrected chi connectivity index (χ3v) is 4.56. The van der Waals surface area contributed by atoms with Crippen LogP contribution in [0.15, 0.2) is 18.2 Å². The van der Waals surface area contributed by atoms with Gasteiger partial charge >= 0.3 is 0 Å². The number of hydrogen-bond donors (Lipinski definition) is 1. The van der Waals surface area contributed by atoms with E-state index < -0.39 is 0 Å².